The summed E-state index contributed by atoms with van der Waals surface area (Å²) in [6.45, 7) is 7.70. The zero-order chi connectivity index (χ0) is 44.8. The number of esters is 1. The minimum Gasteiger partial charge on any atom is -0.507 e. The maximum Gasteiger partial charge on any atom is 0.490 e. The van der Waals surface area contributed by atoms with Crippen LogP contribution < -0.4 is 20.7 Å². The largest absolute Gasteiger partial charge is 0.507 e. The SMILES string of the molecule is COC(=O)c1c(O)cccc1OCCCCNC[C@H](Cc1ccc(C2CC(=O)N(C(C)(C)C)S2(=O)=O)cc1)NC(=O)[C@H](Cc1ccccc1)NC(C)=O.O=C(O)C(F)(F)F. The lowest BCUT2D eigenvalue weighted by Gasteiger charge is -2.30. The van der Waals surface area contributed by atoms with E-state index in [0.717, 1.165) is 15.4 Å². The number of carboxylic acids is 1. The molecule has 0 spiro atoms. The van der Waals surface area contributed by atoms with E-state index in [1.807, 2.05) is 42.5 Å². The van der Waals surface area contributed by atoms with Crippen LogP contribution in [0.25, 0.3) is 0 Å². The van der Waals surface area contributed by atoms with Gasteiger partial charge < -0.3 is 35.6 Å². The van der Waals surface area contributed by atoms with Crippen molar-refractivity contribution in [3.05, 3.63) is 95.1 Å². The van der Waals surface area contributed by atoms with Gasteiger partial charge >= 0.3 is 18.1 Å². The first-order valence-corrected chi connectivity index (χ1v) is 20.4. The van der Waals surface area contributed by atoms with Crippen LogP contribution in [0.3, 0.4) is 0 Å². The number of amides is 3. The van der Waals surface area contributed by atoms with Crippen molar-refractivity contribution >= 4 is 39.7 Å². The number of alkyl halides is 3. The van der Waals surface area contributed by atoms with E-state index in [1.165, 1.54) is 20.1 Å². The Kier molecular flexibility index (Phi) is 17.5. The van der Waals surface area contributed by atoms with Crippen molar-refractivity contribution in [3.63, 3.8) is 0 Å². The number of sulfonamides is 1. The molecule has 328 valence electrons. The van der Waals surface area contributed by atoms with Crippen molar-refractivity contribution in [3.8, 4) is 11.5 Å². The number of hydrogen-bond donors (Lipinski definition) is 5. The summed E-state index contributed by atoms with van der Waals surface area (Å²) in [6, 6.07) is 19.8. The molecule has 0 aromatic heterocycles. The number of halogens is 3. The lowest BCUT2D eigenvalue weighted by Crippen LogP contribution is -2.53. The molecule has 3 atom stereocenters. The molecule has 60 heavy (non-hydrogen) atoms. The van der Waals surface area contributed by atoms with Crippen molar-refractivity contribution in [2.24, 2.45) is 0 Å². The zero-order valence-corrected chi connectivity index (χ0v) is 34.7. The number of nitrogens with zero attached hydrogens (tertiary/aromatic N) is 1. The van der Waals surface area contributed by atoms with Crippen LogP contribution in [0.2, 0.25) is 0 Å². The zero-order valence-electron chi connectivity index (χ0n) is 33.9. The number of hydrogen-bond acceptors (Lipinski definition) is 11. The number of carbonyl (C=O) groups is 5. The topological polar surface area (TPSA) is 218 Å². The molecule has 0 radical (unpaired) electrons. The standard InChI is InChI=1S/C39H50N4O9S.C2HF3O2/c1-26(44)41-31(23-27-12-7-6-8-13-27)37(47)42-30(25-40-20-9-10-21-52-33-15-11-14-32(45)36(33)38(48)51-5)22-28-16-18-29(19-17-28)34-24-35(46)43(39(2,3)4)53(34,49)50;3-2(4,5)1(6)7/h6-8,11-19,30-31,34,40,45H,9-10,20-25H2,1-5H3,(H,41,44)(H,42,47);(H,6,7)/t30-,31-,34?;/m0./s1. The van der Waals surface area contributed by atoms with Crippen LogP contribution >= 0.6 is 0 Å². The Hall–Kier alpha value is -5.69. The average molecular weight is 865 g/mol. The maximum atomic E-state index is 13.6. The van der Waals surface area contributed by atoms with Gasteiger partial charge in [0.1, 0.15) is 28.4 Å². The van der Waals surface area contributed by atoms with Crippen LogP contribution in [0.4, 0.5) is 13.2 Å². The fraction of sp³-hybridized carbons (Fsp3) is 0.439. The second kappa shape index (κ2) is 21.5. The summed E-state index contributed by atoms with van der Waals surface area (Å²) in [4.78, 5) is 59.4. The molecule has 1 heterocycles. The predicted molar refractivity (Wildman–Crippen MR) is 213 cm³/mol. The van der Waals surface area contributed by atoms with Gasteiger partial charge in [-0.3, -0.25) is 14.4 Å². The lowest BCUT2D eigenvalue weighted by atomic mass is 10.0. The first kappa shape index (κ1) is 48.7. The van der Waals surface area contributed by atoms with E-state index < -0.39 is 56.9 Å². The van der Waals surface area contributed by atoms with Crippen LogP contribution in [0, 0.1) is 0 Å². The van der Waals surface area contributed by atoms with Crippen molar-refractivity contribution in [1.29, 1.82) is 0 Å². The first-order chi connectivity index (χ1) is 28.1. The van der Waals surface area contributed by atoms with E-state index in [2.05, 4.69) is 16.0 Å². The number of aliphatic carboxylic acids is 1. The molecular weight excluding hydrogens is 814 g/mol. The molecule has 0 saturated carbocycles. The molecular formula is C41H51F3N4O11S. The Labute approximate surface area is 346 Å². The smallest absolute Gasteiger partial charge is 0.490 e. The fourth-order valence-electron chi connectivity index (χ4n) is 6.35. The monoisotopic (exact) mass is 864 g/mol. The number of rotatable bonds is 17. The number of carbonyl (C=O) groups excluding carboxylic acids is 4. The van der Waals surface area contributed by atoms with Gasteiger partial charge in [-0.25, -0.2) is 22.3 Å². The molecule has 19 heteroatoms. The molecule has 5 N–H and O–H groups in total. The van der Waals surface area contributed by atoms with Crippen molar-refractivity contribution in [2.45, 2.75) is 88.8 Å². The summed E-state index contributed by atoms with van der Waals surface area (Å²) in [7, 11) is -2.66. The van der Waals surface area contributed by atoms with Gasteiger partial charge in [0, 0.05) is 25.9 Å². The highest BCUT2D eigenvalue weighted by atomic mass is 32.2. The van der Waals surface area contributed by atoms with Crippen LogP contribution in [-0.2, 0) is 46.8 Å². The summed E-state index contributed by atoms with van der Waals surface area (Å²) >= 11 is 0. The van der Waals surface area contributed by atoms with Gasteiger partial charge in [0.15, 0.2) is 0 Å². The lowest BCUT2D eigenvalue weighted by molar-refractivity contribution is -0.192. The fourth-order valence-corrected chi connectivity index (χ4v) is 8.58. The van der Waals surface area contributed by atoms with Crippen molar-refractivity contribution in [2.75, 3.05) is 26.8 Å². The van der Waals surface area contributed by atoms with E-state index >= 15 is 0 Å². The predicted octanol–water partition coefficient (Wildman–Crippen LogP) is 4.44. The summed E-state index contributed by atoms with van der Waals surface area (Å²) in [5.41, 5.74) is 1.35. The van der Waals surface area contributed by atoms with Gasteiger partial charge in [-0.1, -0.05) is 60.7 Å². The molecule has 1 saturated heterocycles. The minimum atomic E-state index is -5.08. The summed E-state index contributed by atoms with van der Waals surface area (Å²) in [5, 5.41) is 25.5. The Morgan fingerprint density at radius 1 is 0.900 bits per heavy atom. The van der Waals surface area contributed by atoms with E-state index in [1.54, 1.807) is 45.0 Å². The van der Waals surface area contributed by atoms with Crippen LogP contribution in [-0.4, -0.2) is 103 Å². The number of unbranched alkanes of at least 4 members (excludes halogenated alkanes) is 1. The van der Waals surface area contributed by atoms with Gasteiger partial charge in [-0.05, 0) is 75.4 Å². The van der Waals surface area contributed by atoms with E-state index in [4.69, 9.17) is 19.4 Å². The normalized spacial score (nSPS) is 15.8. The van der Waals surface area contributed by atoms with Gasteiger partial charge in [0.2, 0.25) is 27.7 Å². The summed E-state index contributed by atoms with van der Waals surface area (Å²) < 4.78 is 69.9. The van der Waals surface area contributed by atoms with E-state index in [9.17, 15) is 45.9 Å². The number of aromatic hydroxyl groups is 1. The third-order valence-electron chi connectivity index (χ3n) is 9.00. The highest BCUT2D eigenvalue weighted by Gasteiger charge is 2.49. The van der Waals surface area contributed by atoms with Crippen LogP contribution in [0.5, 0.6) is 11.5 Å². The Balaban J connectivity index is 0.00000126. The Morgan fingerprint density at radius 2 is 1.52 bits per heavy atom. The molecule has 1 fully saturated rings. The second-order valence-electron chi connectivity index (χ2n) is 14.9. The quantitative estimate of drug-likeness (QED) is 0.0941. The van der Waals surface area contributed by atoms with Gasteiger partial charge in [-0.15, -0.1) is 0 Å². The summed E-state index contributed by atoms with van der Waals surface area (Å²) in [5.74, 6) is -4.55. The number of phenols is 1. The van der Waals surface area contributed by atoms with E-state index in [0.29, 0.717) is 44.3 Å². The molecule has 3 aromatic carbocycles. The molecule has 1 unspecified atom stereocenters. The Bertz CT molecular complexity index is 2060. The van der Waals surface area contributed by atoms with Crippen LogP contribution in [0.15, 0.2) is 72.8 Å². The molecule has 3 aromatic rings. The van der Waals surface area contributed by atoms with E-state index in [-0.39, 0.29) is 41.9 Å². The molecule has 4 rings (SSSR count). The highest BCUT2D eigenvalue weighted by molar-refractivity contribution is 7.90. The number of nitrogens with one attached hydrogen (secondary N) is 3. The Morgan fingerprint density at radius 3 is 2.07 bits per heavy atom. The molecule has 15 nitrogen and oxygen atoms in total. The summed E-state index contributed by atoms with van der Waals surface area (Å²) in [6.07, 6.45) is -3.18. The maximum absolute atomic E-state index is 13.6. The first-order valence-electron chi connectivity index (χ1n) is 18.9. The van der Waals surface area contributed by atoms with Crippen molar-refractivity contribution in [1.82, 2.24) is 20.3 Å². The van der Waals surface area contributed by atoms with Crippen molar-refractivity contribution < 1.29 is 65.2 Å². The molecule has 1 aliphatic heterocycles. The average Bonchev–Trinajstić information content (AvgIpc) is 3.42. The highest BCUT2D eigenvalue weighted by Crippen LogP contribution is 2.40. The van der Waals surface area contributed by atoms with Gasteiger partial charge in [-0.2, -0.15) is 13.2 Å². The second-order valence-corrected chi connectivity index (χ2v) is 16.8. The molecule has 0 bridgehead atoms. The van der Waals surface area contributed by atoms with Gasteiger partial charge in [0.25, 0.3) is 0 Å². The van der Waals surface area contributed by atoms with Crippen LogP contribution in [0.1, 0.15) is 79.3 Å². The number of carboxylic acid groups (broad SMARTS) is 1. The third-order valence-corrected chi connectivity index (χ3v) is 11.4. The molecule has 3 amide bonds. The number of ether oxygens (including phenoxy) is 2. The minimum absolute atomic E-state index is 0.0326. The van der Waals surface area contributed by atoms with Gasteiger partial charge in [0.05, 0.1) is 25.7 Å². The number of methoxy groups -OCH3 is 1. The molecule has 0 aliphatic carbocycles. The third kappa shape index (κ3) is 14.2. The molecule has 1 aliphatic rings. The number of phenolic OH excluding ortho intramolecular Hbond substituents is 1. The number of benzene rings is 3.